The van der Waals surface area contributed by atoms with Crippen LogP contribution in [0.5, 0.6) is 5.75 Å². The van der Waals surface area contributed by atoms with E-state index in [2.05, 4.69) is 9.71 Å². The zero-order valence-corrected chi connectivity index (χ0v) is 14.1. The molecule has 1 heterocycles. The molecule has 0 aliphatic carbocycles. The molecule has 0 atom stereocenters. The number of aromatic nitrogens is 1. The molecule has 0 spiro atoms. The van der Waals surface area contributed by atoms with Gasteiger partial charge in [-0.3, -0.25) is 4.98 Å². The van der Waals surface area contributed by atoms with Gasteiger partial charge in [0, 0.05) is 24.2 Å². The molecule has 3 rings (SSSR count). The van der Waals surface area contributed by atoms with Crippen LogP contribution in [0, 0.1) is 0 Å². The second kappa shape index (κ2) is 7.42. The number of fused-ring (bicyclic) bond motifs is 1. The van der Waals surface area contributed by atoms with Crippen LogP contribution >= 0.6 is 0 Å². The second-order valence-electron chi connectivity index (χ2n) is 5.35. The predicted octanol–water partition coefficient (Wildman–Crippen LogP) is 2.57. The standard InChI is InChI=1S/C18H18N2O3S/c1-23-15-6-7-17-16(9-10-19-18(17)12-15)14-4-2-13(3-5-14)8-11-20-24(21)22/h2-7,9-10,12,24H,8,11H2,1H3,(H,20,21,22). The average molecular weight is 342 g/mol. The molecule has 1 N–H and O–H groups in total. The summed E-state index contributed by atoms with van der Waals surface area (Å²) >= 11 is 0. The van der Waals surface area contributed by atoms with E-state index < -0.39 is 10.9 Å². The summed E-state index contributed by atoms with van der Waals surface area (Å²) < 4.78 is 28.7. The molecule has 0 radical (unpaired) electrons. The summed E-state index contributed by atoms with van der Waals surface area (Å²) in [5, 5.41) is 1.07. The highest BCUT2D eigenvalue weighted by Gasteiger charge is 2.06. The fourth-order valence-electron chi connectivity index (χ4n) is 2.65. The van der Waals surface area contributed by atoms with Gasteiger partial charge < -0.3 is 4.74 Å². The normalized spacial score (nSPS) is 11.1. The first kappa shape index (κ1) is 16.4. The number of hydrogen-bond donors (Lipinski definition) is 2. The molecule has 0 amide bonds. The van der Waals surface area contributed by atoms with Gasteiger partial charge in [-0.25, -0.2) is 13.1 Å². The first-order valence-corrected chi connectivity index (χ1v) is 8.75. The minimum absolute atomic E-state index is 0.413. The van der Waals surface area contributed by atoms with Crippen molar-refractivity contribution in [1.29, 1.82) is 0 Å². The van der Waals surface area contributed by atoms with E-state index in [9.17, 15) is 8.42 Å². The van der Waals surface area contributed by atoms with Crippen LogP contribution in [0.1, 0.15) is 5.56 Å². The van der Waals surface area contributed by atoms with E-state index >= 15 is 0 Å². The fraction of sp³-hybridized carbons (Fsp3) is 0.167. The molecule has 0 bridgehead atoms. The van der Waals surface area contributed by atoms with Gasteiger partial charge in [-0.1, -0.05) is 24.3 Å². The van der Waals surface area contributed by atoms with Crippen molar-refractivity contribution in [2.24, 2.45) is 0 Å². The Morgan fingerprint density at radius 1 is 1.08 bits per heavy atom. The lowest BCUT2D eigenvalue weighted by Gasteiger charge is -2.09. The summed E-state index contributed by atoms with van der Waals surface area (Å²) in [6, 6.07) is 16.0. The number of thiol groups is 1. The molecule has 1 aromatic heterocycles. The number of nitrogens with one attached hydrogen (secondary N) is 1. The number of ether oxygens (including phenoxy) is 1. The maximum absolute atomic E-state index is 10.5. The van der Waals surface area contributed by atoms with E-state index in [-0.39, 0.29) is 0 Å². The van der Waals surface area contributed by atoms with E-state index in [1.807, 2.05) is 48.5 Å². The lowest BCUT2D eigenvalue weighted by molar-refractivity contribution is 0.415. The Hall–Kier alpha value is -2.44. The SMILES string of the molecule is COc1ccc2c(-c3ccc(CCN[SH](=O)=O)cc3)ccnc2c1. The Morgan fingerprint density at radius 2 is 1.88 bits per heavy atom. The smallest absolute Gasteiger partial charge is 0.201 e. The third-order valence-electron chi connectivity index (χ3n) is 3.87. The molecule has 24 heavy (non-hydrogen) atoms. The van der Waals surface area contributed by atoms with E-state index in [0.717, 1.165) is 33.3 Å². The van der Waals surface area contributed by atoms with Crippen molar-refractivity contribution in [3.8, 4) is 16.9 Å². The van der Waals surface area contributed by atoms with Crippen molar-refractivity contribution in [1.82, 2.24) is 9.71 Å². The number of hydrogen-bond acceptors (Lipinski definition) is 4. The lowest BCUT2D eigenvalue weighted by atomic mass is 9.99. The fourth-order valence-corrected chi connectivity index (χ4v) is 2.94. The molecular weight excluding hydrogens is 324 g/mol. The van der Waals surface area contributed by atoms with Crippen molar-refractivity contribution < 1.29 is 13.2 Å². The molecule has 124 valence electrons. The van der Waals surface area contributed by atoms with Gasteiger partial charge >= 0.3 is 0 Å². The van der Waals surface area contributed by atoms with Crippen molar-refractivity contribution in [3.63, 3.8) is 0 Å². The number of methoxy groups -OCH3 is 1. The molecule has 6 heteroatoms. The van der Waals surface area contributed by atoms with Crippen molar-refractivity contribution in [3.05, 3.63) is 60.3 Å². The van der Waals surface area contributed by atoms with Crippen molar-refractivity contribution in [2.75, 3.05) is 13.7 Å². The molecule has 0 saturated heterocycles. The summed E-state index contributed by atoms with van der Waals surface area (Å²) in [5.41, 5.74) is 4.18. The van der Waals surface area contributed by atoms with Crippen LogP contribution in [-0.2, 0) is 17.3 Å². The maximum Gasteiger partial charge on any atom is 0.201 e. The largest absolute Gasteiger partial charge is 0.497 e. The van der Waals surface area contributed by atoms with Gasteiger partial charge in [0.05, 0.1) is 12.6 Å². The first-order chi connectivity index (χ1) is 11.7. The zero-order chi connectivity index (χ0) is 16.9. The topological polar surface area (TPSA) is 68.3 Å². The summed E-state index contributed by atoms with van der Waals surface area (Å²) in [7, 11) is -0.890. The van der Waals surface area contributed by atoms with Gasteiger partial charge in [-0.15, -0.1) is 0 Å². The summed E-state index contributed by atoms with van der Waals surface area (Å²) in [6.07, 6.45) is 2.46. The van der Waals surface area contributed by atoms with E-state index in [1.165, 1.54) is 0 Å². The summed E-state index contributed by atoms with van der Waals surface area (Å²) in [6.45, 7) is 0.413. The molecule has 0 saturated carbocycles. The van der Waals surface area contributed by atoms with Gasteiger partial charge in [0.25, 0.3) is 0 Å². The molecule has 2 aromatic carbocycles. The minimum Gasteiger partial charge on any atom is -0.497 e. The van der Waals surface area contributed by atoms with Gasteiger partial charge in [-0.05, 0) is 41.3 Å². The second-order valence-corrected chi connectivity index (χ2v) is 6.18. The molecule has 3 aromatic rings. The van der Waals surface area contributed by atoms with Gasteiger partial charge in [0.2, 0.25) is 10.9 Å². The Morgan fingerprint density at radius 3 is 2.58 bits per heavy atom. The maximum atomic E-state index is 10.5. The highest BCUT2D eigenvalue weighted by atomic mass is 32.2. The Bertz CT molecular complexity index is 913. The predicted molar refractivity (Wildman–Crippen MR) is 95.8 cm³/mol. The Labute approximate surface area is 142 Å². The van der Waals surface area contributed by atoms with Gasteiger partial charge in [0.1, 0.15) is 5.75 Å². The van der Waals surface area contributed by atoms with Crippen LogP contribution in [0.2, 0.25) is 0 Å². The highest BCUT2D eigenvalue weighted by Crippen LogP contribution is 2.29. The Balaban J connectivity index is 1.87. The van der Waals surface area contributed by atoms with E-state index in [1.54, 1.807) is 13.3 Å². The number of rotatable bonds is 6. The van der Waals surface area contributed by atoms with Crippen LogP contribution in [0.25, 0.3) is 22.0 Å². The van der Waals surface area contributed by atoms with Crippen LogP contribution in [-0.4, -0.2) is 27.1 Å². The van der Waals surface area contributed by atoms with Crippen LogP contribution in [0.4, 0.5) is 0 Å². The number of benzene rings is 2. The Kier molecular flexibility index (Phi) is 5.08. The molecule has 0 aliphatic heterocycles. The summed E-state index contributed by atoms with van der Waals surface area (Å²) in [4.78, 5) is 4.40. The van der Waals surface area contributed by atoms with Crippen LogP contribution in [0.3, 0.4) is 0 Å². The molecule has 0 unspecified atom stereocenters. The lowest BCUT2D eigenvalue weighted by Crippen LogP contribution is -2.14. The summed E-state index contributed by atoms with van der Waals surface area (Å²) in [5.74, 6) is 0.784. The molecule has 0 fully saturated rings. The highest BCUT2D eigenvalue weighted by molar-refractivity contribution is 7.70. The first-order valence-electron chi connectivity index (χ1n) is 7.57. The molecule has 0 aliphatic rings. The van der Waals surface area contributed by atoms with E-state index in [0.29, 0.717) is 13.0 Å². The van der Waals surface area contributed by atoms with Gasteiger partial charge in [-0.2, -0.15) is 0 Å². The van der Waals surface area contributed by atoms with Crippen molar-refractivity contribution >= 4 is 21.8 Å². The molecule has 5 nitrogen and oxygen atoms in total. The third-order valence-corrected chi connectivity index (χ3v) is 4.35. The minimum atomic E-state index is -2.53. The van der Waals surface area contributed by atoms with Gasteiger partial charge in [0.15, 0.2) is 0 Å². The zero-order valence-electron chi connectivity index (χ0n) is 13.2. The third kappa shape index (κ3) is 3.72. The number of nitrogens with zero attached hydrogens (tertiary/aromatic N) is 1. The average Bonchev–Trinajstić information content (AvgIpc) is 2.61. The van der Waals surface area contributed by atoms with Crippen molar-refractivity contribution in [2.45, 2.75) is 6.42 Å². The van der Waals surface area contributed by atoms with Crippen LogP contribution in [0.15, 0.2) is 54.7 Å². The van der Waals surface area contributed by atoms with E-state index in [4.69, 9.17) is 4.74 Å². The monoisotopic (exact) mass is 342 g/mol. The number of pyridine rings is 1. The quantitative estimate of drug-likeness (QED) is 0.676. The molecular formula is C18H18N2O3S. The van der Waals surface area contributed by atoms with Crippen LogP contribution < -0.4 is 9.46 Å².